The van der Waals surface area contributed by atoms with Crippen LogP contribution in [0.1, 0.15) is 138 Å². The zero-order valence-electron chi connectivity index (χ0n) is 56.8. The summed E-state index contributed by atoms with van der Waals surface area (Å²) >= 11 is 5.79. The number of primary amides is 1. The lowest BCUT2D eigenvalue weighted by Crippen LogP contribution is -2.62. The van der Waals surface area contributed by atoms with Gasteiger partial charge in [0.1, 0.15) is 36.3 Å². The van der Waals surface area contributed by atoms with E-state index in [0.717, 1.165) is 15.4 Å². The molecule has 0 unspecified atom stereocenters. The number of aliphatic carboxylic acids is 1. The van der Waals surface area contributed by atoms with Crippen LogP contribution >= 0.6 is 12.2 Å². The number of ether oxygens (including phenoxy) is 3. The van der Waals surface area contributed by atoms with Crippen molar-refractivity contribution in [2.75, 3.05) is 53.3 Å². The lowest BCUT2D eigenvalue weighted by Gasteiger charge is -2.41. The molecule has 11 amide bonds. The fourth-order valence-corrected chi connectivity index (χ4v) is 11.7. The van der Waals surface area contributed by atoms with E-state index < -0.39 is 113 Å². The molecule has 26 nitrogen and oxygen atoms in total. The molecule has 0 saturated carbocycles. The highest BCUT2D eigenvalue weighted by Gasteiger charge is 2.45. The number of unbranched alkanes of at least 4 members (excludes halogenated alkanes) is 2. The number of carboxylic acids is 1. The third-order valence-electron chi connectivity index (χ3n) is 17.7. The Balaban J connectivity index is 1.36. The molecule has 9 N–H and O–H groups in total. The van der Waals surface area contributed by atoms with Gasteiger partial charge in [-0.3, -0.25) is 48.2 Å². The van der Waals surface area contributed by atoms with E-state index in [1.165, 1.54) is 45.1 Å². The van der Waals surface area contributed by atoms with Crippen molar-refractivity contribution < 1.29 is 72.1 Å². The van der Waals surface area contributed by atoms with Crippen molar-refractivity contribution in [3.8, 4) is 0 Å². The van der Waals surface area contributed by atoms with Crippen LogP contribution in [0.5, 0.6) is 0 Å². The second-order valence-corrected chi connectivity index (χ2v) is 25.9. The van der Waals surface area contributed by atoms with Gasteiger partial charge in [0.05, 0.1) is 35.7 Å². The number of likely N-dealkylation sites (N-methyl/N-ethyl adjacent to an activating group) is 2. The Morgan fingerprint density at radius 2 is 1.41 bits per heavy atom. The van der Waals surface area contributed by atoms with Crippen molar-refractivity contribution >= 4 is 88.2 Å². The molecule has 0 aromatic heterocycles. The standard InChI is InChI=1S/C67H101N11O15S/c1-14-42(6)57(50(91-12)38-54(82)77-36-22-26-49(77)58(92-13)43(7)61(94)72-48(63(86)87)37-44-23-17-15-18-24-44)75(10)62(85)56(41(4)5)74-64(88)67(8,9)76(11)66(90)93-39-45-28-30-46(31-29-45)70-59(83)47(25-21-34-69-65(68)89)71-60(84)55(40(2)3)73-51(79)27-19-16-20-35-78-52(80)32-33-53(78)81/h15,17-18,23-24,28-33,40-43,47-50,55-58H,14,16,19-22,25-27,34-39H2,1-13H3,(H,70,83)(H,71,84)(H,72,94)(H,73,79)(H,74,88)(H,86,87)(H3,68,69,89)/t42-,43+,47-,48-,49-,50+,55-,56-,57-,58+/m0/s1. The lowest BCUT2D eigenvalue weighted by molar-refractivity contribution is -0.147. The minimum absolute atomic E-state index is 0.0818. The third kappa shape index (κ3) is 22.9. The van der Waals surface area contributed by atoms with Gasteiger partial charge in [0.2, 0.25) is 35.4 Å². The molecule has 0 bridgehead atoms. The molecule has 0 aliphatic carbocycles. The van der Waals surface area contributed by atoms with Gasteiger partial charge in [-0.05, 0) is 93.4 Å². The number of hydrogen-bond donors (Lipinski definition) is 8. The first-order valence-corrected chi connectivity index (χ1v) is 32.8. The van der Waals surface area contributed by atoms with E-state index in [2.05, 4.69) is 31.9 Å². The molecule has 2 aliphatic rings. The van der Waals surface area contributed by atoms with Crippen molar-refractivity contribution in [2.45, 2.75) is 194 Å². The molecule has 10 atom stereocenters. The minimum Gasteiger partial charge on any atom is -0.480 e. The average molecular weight is 1330 g/mol. The smallest absolute Gasteiger partial charge is 0.410 e. The number of carbonyl (C=O) groups excluding carboxylic acids is 10. The maximum Gasteiger partial charge on any atom is 0.410 e. The molecule has 520 valence electrons. The molecule has 0 radical (unpaired) electrons. The minimum atomic E-state index is -1.55. The Hall–Kier alpha value is -8.04. The summed E-state index contributed by atoms with van der Waals surface area (Å²) in [5.74, 6) is -6.15. The number of anilines is 1. The Labute approximate surface area is 558 Å². The zero-order chi connectivity index (χ0) is 70.1. The third-order valence-corrected chi connectivity index (χ3v) is 18.2. The summed E-state index contributed by atoms with van der Waals surface area (Å²) in [5, 5.41) is 26.8. The molecule has 94 heavy (non-hydrogen) atoms. The molecule has 2 aromatic carbocycles. The van der Waals surface area contributed by atoms with E-state index in [4.69, 9.17) is 32.2 Å². The van der Waals surface area contributed by atoms with Gasteiger partial charge in [-0.15, -0.1) is 0 Å². The van der Waals surface area contributed by atoms with E-state index >= 15 is 0 Å². The number of hydrogen-bond acceptors (Lipinski definition) is 15. The SMILES string of the molecule is CC[C@H](C)[C@@H]([C@@H](CC(=O)N1CCC[C@H]1[C@H](OC)[C@@H](C)C(=S)N[C@@H](Cc1ccccc1)C(=O)O)OC)N(C)C(=O)[C@@H](NC(=O)C(C)(C)N(C)C(=O)OCc1ccc(NC(=O)[C@H](CCCNC(N)=O)NC(=O)[C@@H](NC(=O)CCCCCN2C(=O)C=CC2=O)C(C)C)cc1)C(C)C. The number of thiocarbonyl (C=S) groups is 1. The maximum atomic E-state index is 14.8. The zero-order valence-corrected chi connectivity index (χ0v) is 57.6. The van der Waals surface area contributed by atoms with E-state index in [-0.39, 0.29) is 81.4 Å². The van der Waals surface area contributed by atoms with Gasteiger partial charge in [0.25, 0.3) is 11.8 Å². The number of benzene rings is 2. The van der Waals surface area contributed by atoms with Crippen molar-refractivity contribution in [2.24, 2.45) is 29.4 Å². The van der Waals surface area contributed by atoms with Crippen molar-refractivity contribution in [3.63, 3.8) is 0 Å². The Bertz CT molecular complexity index is 2950. The molecule has 1 fully saturated rings. The Morgan fingerprint density at radius 1 is 0.777 bits per heavy atom. The molecule has 0 spiro atoms. The highest BCUT2D eigenvalue weighted by molar-refractivity contribution is 7.80. The summed E-state index contributed by atoms with van der Waals surface area (Å²) in [5.41, 5.74) is 5.36. The van der Waals surface area contributed by atoms with Crippen molar-refractivity contribution in [1.82, 2.24) is 46.2 Å². The summed E-state index contributed by atoms with van der Waals surface area (Å²) in [4.78, 5) is 151. The molecule has 27 heteroatoms. The average Bonchev–Trinajstić information content (AvgIpc) is 1.23. The molecule has 4 rings (SSSR count). The number of nitrogens with zero attached hydrogens (tertiary/aromatic N) is 4. The summed E-state index contributed by atoms with van der Waals surface area (Å²) < 4.78 is 17.8. The van der Waals surface area contributed by atoms with Gasteiger partial charge in [-0.1, -0.05) is 116 Å². The second kappa shape index (κ2) is 37.7. The molecule has 1 saturated heterocycles. The molecule has 2 aliphatic heterocycles. The quantitative estimate of drug-likeness (QED) is 0.0243. The number of nitrogens with two attached hydrogens (primary N) is 1. The fraction of sp³-hybridized carbons (Fsp3) is 0.612. The van der Waals surface area contributed by atoms with Crippen LogP contribution < -0.4 is 37.6 Å². The number of likely N-dealkylation sites (tertiary alicyclic amines) is 1. The van der Waals surface area contributed by atoms with E-state index in [1.807, 2.05) is 51.1 Å². The first-order chi connectivity index (χ1) is 44.4. The predicted molar refractivity (Wildman–Crippen MR) is 357 cm³/mol. The maximum absolute atomic E-state index is 14.8. The summed E-state index contributed by atoms with van der Waals surface area (Å²) in [6, 6.07) is 9.62. The largest absolute Gasteiger partial charge is 0.480 e. The van der Waals surface area contributed by atoms with Crippen LogP contribution in [-0.2, 0) is 70.4 Å². The number of imide groups is 1. The van der Waals surface area contributed by atoms with Crippen LogP contribution in [0.4, 0.5) is 15.3 Å². The van der Waals surface area contributed by atoms with Gasteiger partial charge in [0, 0.05) is 84.5 Å². The number of rotatable bonds is 38. The summed E-state index contributed by atoms with van der Waals surface area (Å²) in [6.45, 7) is 16.4. The van der Waals surface area contributed by atoms with Gasteiger partial charge in [-0.2, -0.15) is 0 Å². The second-order valence-electron chi connectivity index (χ2n) is 25.5. The predicted octanol–water partition coefficient (Wildman–Crippen LogP) is 5.21. The fourth-order valence-electron chi connectivity index (χ4n) is 11.5. The van der Waals surface area contributed by atoms with E-state index in [0.29, 0.717) is 61.3 Å². The van der Waals surface area contributed by atoms with Crippen LogP contribution in [0.15, 0.2) is 66.7 Å². The normalized spacial score (nSPS) is 16.8. The van der Waals surface area contributed by atoms with Crippen LogP contribution in [-0.4, -0.2) is 197 Å². The highest BCUT2D eigenvalue weighted by Crippen LogP contribution is 2.31. The van der Waals surface area contributed by atoms with E-state index in [1.54, 1.807) is 71.0 Å². The number of nitrogens with one attached hydrogen (secondary N) is 6. The topological polar surface area (TPSA) is 347 Å². The van der Waals surface area contributed by atoms with Crippen LogP contribution in [0.3, 0.4) is 0 Å². The number of urea groups is 1. The van der Waals surface area contributed by atoms with Gasteiger partial charge in [-0.25, -0.2) is 14.4 Å². The number of amides is 11. The summed E-state index contributed by atoms with van der Waals surface area (Å²) in [6.07, 6.45) is 4.19. The first kappa shape index (κ1) is 78.4. The number of carbonyl (C=O) groups is 11. The lowest BCUT2D eigenvalue weighted by atomic mass is 9.89. The molecule has 2 aromatic rings. The number of methoxy groups -OCH3 is 2. The van der Waals surface area contributed by atoms with Crippen molar-refractivity contribution in [3.05, 3.63) is 77.9 Å². The molecular formula is C67H101N11O15S. The first-order valence-electron chi connectivity index (χ1n) is 32.3. The van der Waals surface area contributed by atoms with Crippen LogP contribution in [0.25, 0.3) is 0 Å². The van der Waals surface area contributed by atoms with Crippen LogP contribution in [0.2, 0.25) is 0 Å². The Morgan fingerprint density at radius 3 is 1.99 bits per heavy atom. The highest BCUT2D eigenvalue weighted by atomic mass is 32.1. The van der Waals surface area contributed by atoms with Gasteiger partial charge >= 0.3 is 18.1 Å². The monoisotopic (exact) mass is 1330 g/mol. The number of carboxylic acid groups (broad SMARTS) is 1. The molecule has 2 heterocycles. The van der Waals surface area contributed by atoms with Crippen molar-refractivity contribution in [1.29, 1.82) is 0 Å². The van der Waals surface area contributed by atoms with Crippen LogP contribution in [0, 0.1) is 23.7 Å². The van der Waals surface area contributed by atoms with Gasteiger partial charge < -0.3 is 66.8 Å². The van der Waals surface area contributed by atoms with Gasteiger partial charge in [0.15, 0.2) is 0 Å². The molecular weight excluding hydrogens is 1230 g/mol. The Kier molecular flexibility index (Phi) is 31.5. The van der Waals surface area contributed by atoms with E-state index in [9.17, 15) is 57.8 Å². The summed E-state index contributed by atoms with van der Waals surface area (Å²) in [7, 11) is 6.07.